The molecule has 0 fully saturated rings. The molecule has 112 valence electrons. The summed E-state index contributed by atoms with van der Waals surface area (Å²) >= 11 is 5.75. The number of hydrogen-bond donors (Lipinski definition) is 1. The van der Waals surface area contributed by atoms with Crippen LogP contribution in [-0.4, -0.2) is 14.2 Å². The first-order chi connectivity index (χ1) is 10.2. The third-order valence-electron chi connectivity index (χ3n) is 3.12. The highest BCUT2D eigenvalue weighted by Crippen LogP contribution is 2.27. The molecule has 2 aromatic rings. The van der Waals surface area contributed by atoms with E-state index in [4.69, 9.17) is 21.1 Å². The molecule has 0 saturated carbocycles. The minimum atomic E-state index is -0.376. The summed E-state index contributed by atoms with van der Waals surface area (Å²) in [4.78, 5) is 0. The topological polar surface area (TPSA) is 30.5 Å². The summed E-state index contributed by atoms with van der Waals surface area (Å²) in [6, 6.07) is 10.6. The van der Waals surface area contributed by atoms with E-state index in [9.17, 15) is 4.39 Å². The molecule has 0 spiro atoms. The quantitative estimate of drug-likeness (QED) is 0.880. The molecule has 5 heteroatoms. The smallest absolute Gasteiger partial charge is 0.161 e. The Balaban J connectivity index is 1.99. The van der Waals surface area contributed by atoms with Gasteiger partial charge in [-0.25, -0.2) is 4.39 Å². The summed E-state index contributed by atoms with van der Waals surface area (Å²) in [6.45, 7) is 0.993. The van der Waals surface area contributed by atoms with Crippen molar-refractivity contribution in [3.63, 3.8) is 0 Å². The zero-order valence-electron chi connectivity index (χ0n) is 12.0. The van der Waals surface area contributed by atoms with Crippen molar-refractivity contribution in [1.82, 2.24) is 5.32 Å². The van der Waals surface area contributed by atoms with Crippen LogP contribution in [0.5, 0.6) is 11.5 Å². The molecule has 0 saturated heterocycles. The lowest BCUT2D eigenvalue weighted by atomic mass is 10.1. The molecule has 0 unspecified atom stereocenters. The van der Waals surface area contributed by atoms with Gasteiger partial charge in [-0.1, -0.05) is 29.8 Å². The zero-order valence-corrected chi connectivity index (χ0v) is 12.7. The predicted octanol–water partition coefficient (Wildman–Crippen LogP) is 3.79. The van der Waals surface area contributed by atoms with E-state index in [-0.39, 0.29) is 10.8 Å². The normalized spacial score (nSPS) is 10.5. The van der Waals surface area contributed by atoms with E-state index < -0.39 is 0 Å². The second-order valence-corrected chi connectivity index (χ2v) is 4.91. The van der Waals surface area contributed by atoms with Crippen LogP contribution in [-0.2, 0) is 13.1 Å². The Morgan fingerprint density at radius 3 is 2.52 bits per heavy atom. The number of halogens is 2. The van der Waals surface area contributed by atoms with Crippen LogP contribution in [0.1, 0.15) is 11.1 Å². The summed E-state index contributed by atoms with van der Waals surface area (Å²) in [5.74, 6) is 0.979. The van der Waals surface area contributed by atoms with Gasteiger partial charge in [-0.2, -0.15) is 0 Å². The fraction of sp³-hybridized carbons (Fsp3) is 0.250. The van der Waals surface area contributed by atoms with Gasteiger partial charge in [0.2, 0.25) is 0 Å². The Kier molecular flexibility index (Phi) is 5.42. The molecule has 3 nitrogen and oxygen atoms in total. The van der Waals surface area contributed by atoms with Crippen LogP contribution in [0, 0.1) is 5.82 Å². The standard InChI is InChI=1S/C16H17ClFNO2/c1-20-14-7-6-11(8-15(14)21-2)9-19-10-12-4-3-5-13(17)16(12)18/h3-8,19H,9-10H2,1-2H3. The van der Waals surface area contributed by atoms with Crippen LogP contribution >= 0.6 is 11.6 Å². The van der Waals surface area contributed by atoms with Gasteiger partial charge >= 0.3 is 0 Å². The maximum Gasteiger partial charge on any atom is 0.161 e. The van der Waals surface area contributed by atoms with Crippen molar-refractivity contribution < 1.29 is 13.9 Å². The van der Waals surface area contributed by atoms with E-state index in [0.717, 1.165) is 5.56 Å². The van der Waals surface area contributed by atoms with Crippen molar-refractivity contribution in [3.8, 4) is 11.5 Å². The predicted molar refractivity (Wildman–Crippen MR) is 81.5 cm³/mol. The fourth-order valence-electron chi connectivity index (χ4n) is 2.02. The Morgan fingerprint density at radius 2 is 1.81 bits per heavy atom. The van der Waals surface area contributed by atoms with Gasteiger partial charge in [0.25, 0.3) is 0 Å². The van der Waals surface area contributed by atoms with Crippen LogP contribution in [0.25, 0.3) is 0 Å². The Labute approximate surface area is 128 Å². The molecule has 21 heavy (non-hydrogen) atoms. The van der Waals surface area contributed by atoms with E-state index in [1.54, 1.807) is 26.4 Å². The fourth-order valence-corrected chi connectivity index (χ4v) is 2.21. The van der Waals surface area contributed by atoms with Crippen molar-refractivity contribution in [1.29, 1.82) is 0 Å². The van der Waals surface area contributed by atoms with E-state index in [1.165, 1.54) is 6.07 Å². The highest BCUT2D eigenvalue weighted by atomic mass is 35.5. The monoisotopic (exact) mass is 309 g/mol. The molecule has 1 N–H and O–H groups in total. The Morgan fingerprint density at radius 1 is 1.05 bits per heavy atom. The molecule has 0 aliphatic carbocycles. The number of ether oxygens (including phenoxy) is 2. The van der Waals surface area contributed by atoms with Gasteiger partial charge in [0, 0.05) is 18.7 Å². The van der Waals surface area contributed by atoms with Crippen molar-refractivity contribution >= 4 is 11.6 Å². The van der Waals surface area contributed by atoms with Gasteiger partial charge in [0.1, 0.15) is 5.82 Å². The number of nitrogens with one attached hydrogen (secondary N) is 1. The highest BCUT2D eigenvalue weighted by molar-refractivity contribution is 6.30. The van der Waals surface area contributed by atoms with E-state index in [0.29, 0.717) is 30.2 Å². The first-order valence-corrected chi connectivity index (χ1v) is 6.88. The SMILES string of the molecule is COc1ccc(CNCc2cccc(Cl)c2F)cc1OC. The molecule has 0 heterocycles. The largest absolute Gasteiger partial charge is 0.493 e. The van der Waals surface area contributed by atoms with Gasteiger partial charge in [-0.05, 0) is 23.8 Å². The lowest BCUT2D eigenvalue weighted by Crippen LogP contribution is -2.14. The Bertz CT molecular complexity index is 619. The maximum absolute atomic E-state index is 13.7. The summed E-state index contributed by atoms with van der Waals surface area (Å²) < 4.78 is 24.2. The van der Waals surface area contributed by atoms with Gasteiger partial charge < -0.3 is 14.8 Å². The zero-order chi connectivity index (χ0) is 15.2. The Hall–Kier alpha value is -1.78. The minimum Gasteiger partial charge on any atom is -0.493 e. The van der Waals surface area contributed by atoms with Crippen LogP contribution in [0.3, 0.4) is 0 Å². The van der Waals surface area contributed by atoms with Crippen molar-refractivity contribution in [2.24, 2.45) is 0 Å². The van der Waals surface area contributed by atoms with Gasteiger partial charge in [-0.3, -0.25) is 0 Å². The average molecular weight is 310 g/mol. The lowest BCUT2D eigenvalue weighted by molar-refractivity contribution is 0.354. The first-order valence-electron chi connectivity index (χ1n) is 6.50. The third-order valence-corrected chi connectivity index (χ3v) is 3.42. The first kappa shape index (κ1) is 15.6. The average Bonchev–Trinajstić information content (AvgIpc) is 2.51. The second-order valence-electron chi connectivity index (χ2n) is 4.51. The minimum absolute atomic E-state index is 0.139. The molecule has 0 aromatic heterocycles. The molecule has 2 rings (SSSR count). The highest BCUT2D eigenvalue weighted by Gasteiger charge is 2.07. The van der Waals surface area contributed by atoms with E-state index in [1.807, 2.05) is 18.2 Å². The number of benzene rings is 2. The third kappa shape index (κ3) is 3.86. The van der Waals surface area contributed by atoms with Crippen molar-refractivity contribution in [2.75, 3.05) is 14.2 Å². The lowest BCUT2D eigenvalue weighted by Gasteiger charge is -2.11. The van der Waals surface area contributed by atoms with Gasteiger partial charge in [0.05, 0.1) is 19.2 Å². The molecule has 0 aliphatic heterocycles. The van der Waals surface area contributed by atoms with E-state index >= 15 is 0 Å². The van der Waals surface area contributed by atoms with Crippen molar-refractivity contribution in [3.05, 3.63) is 58.4 Å². The van der Waals surface area contributed by atoms with Crippen LogP contribution in [0.4, 0.5) is 4.39 Å². The molecule has 0 atom stereocenters. The number of hydrogen-bond acceptors (Lipinski definition) is 3. The second kappa shape index (κ2) is 7.29. The van der Waals surface area contributed by atoms with Crippen molar-refractivity contribution in [2.45, 2.75) is 13.1 Å². The summed E-state index contributed by atoms with van der Waals surface area (Å²) in [6.07, 6.45) is 0. The molecule has 0 bridgehead atoms. The summed E-state index contributed by atoms with van der Waals surface area (Å²) in [7, 11) is 3.19. The molecule has 0 amide bonds. The van der Waals surface area contributed by atoms with E-state index in [2.05, 4.69) is 5.32 Å². The number of methoxy groups -OCH3 is 2. The van der Waals surface area contributed by atoms with Crippen LogP contribution in [0.2, 0.25) is 5.02 Å². The summed E-state index contributed by atoms with van der Waals surface area (Å²) in [5, 5.41) is 3.32. The molecular formula is C16H17ClFNO2. The molecular weight excluding hydrogens is 293 g/mol. The van der Waals surface area contributed by atoms with Crippen LogP contribution in [0.15, 0.2) is 36.4 Å². The van der Waals surface area contributed by atoms with Crippen LogP contribution < -0.4 is 14.8 Å². The van der Waals surface area contributed by atoms with Gasteiger partial charge in [-0.15, -0.1) is 0 Å². The molecule has 0 aliphatic rings. The molecule has 2 aromatic carbocycles. The summed E-state index contributed by atoms with van der Waals surface area (Å²) in [5.41, 5.74) is 1.57. The maximum atomic E-state index is 13.7. The molecule has 0 radical (unpaired) electrons. The van der Waals surface area contributed by atoms with Gasteiger partial charge in [0.15, 0.2) is 11.5 Å². The number of rotatable bonds is 6.